The van der Waals surface area contributed by atoms with Gasteiger partial charge in [-0.3, -0.25) is 4.79 Å². The topological polar surface area (TPSA) is 64.6 Å². The highest BCUT2D eigenvalue weighted by Gasteiger charge is 2.10. The van der Waals surface area contributed by atoms with Crippen molar-refractivity contribution in [2.24, 2.45) is 0 Å². The van der Waals surface area contributed by atoms with Gasteiger partial charge in [0.25, 0.3) is 5.91 Å². The molecule has 2 aromatic rings. The first kappa shape index (κ1) is 19.5. The van der Waals surface area contributed by atoms with Crippen LogP contribution in [0.1, 0.15) is 35.7 Å². The fourth-order valence-corrected chi connectivity index (χ4v) is 2.28. The summed E-state index contributed by atoms with van der Waals surface area (Å²) in [6.07, 6.45) is 2.79. The van der Waals surface area contributed by atoms with Crippen LogP contribution in [0.5, 0.6) is 5.75 Å². The summed E-state index contributed by atoms with van der Waals surface area (Å²) in [4.78, 5) is 23.7. The molecule has 0 atom stereocenters. The molecule has 5 nitrogen and oxygen atoms in total. The zero-order valence-electron chi connectivity index (χ0n) is 15.1. The standard InChI is InChI=1S/C21H25NO4/c1-2-3-15-25-19-11-9-18(10-12-19)21(24)26-16-20(23)22-14-13-17-7-5-4-6-8-17/h4-12H,2-3,13-16H2,1H3,(H,22,23). The van der Waals surface area contributed by atoms with Gasteiger partial charge in [-0.25, -0.2) is 4.79 Å². The molecule has 1 amide bonds. The molecule has 26 heavy (non-hydrogen) atoms. The van der Waals surface area contributed by atoms with Crippen LogP contribution in [-0.2, 0) is 16.0 Å². The van der Waals surface area contributed by atoms with Crippen molar-refractivity contribution in [3.8, 4) is 5.75 Å². The van der Waals surface area contributed by atoms with Crippen LogP contribution in [0.25, 0.3) is 0 Å². The number of rotatable bonds is 10. The van der Waals surface area contributed by atoms with Crippen molar-refractivity contribution in [3.05, 3.63) is 65.7 Å². The quantitative estimate of drug-likeness (QED) is 0.524. The zero-order chi connectivity index (χ0) is 18.6. The summed E-state index contributed by atoms with van der Waals surface area (Å²) in [7, 11) is 0. The highest BCUT2D eigenvalue weighted by Crippen LogP contribution is 2.13. The summed E-state index contributed by atoms with van der Waals surface area (Å²) in [5, 5.41) is 2.74. The van der Waals surface area contributed by atoms with Crippen molar-refractivity contribution in [1.82, 2.24) is 5.32 Å². The highest BCUT2D eigenvalue weighted by molar-refractivity contribution is 5.91. The summed E-state index contributed by atoms with van der Waals surface area (Å²) in [5.74, 6) is -0.120. The lowest BCUT2D eigenvalue weighted by Crippen LogP contribution is -2.30. The summed E-state index contributed by atoms with van der Waals surface area (Å²) < 4.78 is 10.6. The zero-order valence-corrected chi connectivity index (χ0v) is 15.1. The van der Waals surface area contributed by atoms with Crippen molar-refractivity contribution in [1.29, 1.82) is 0 Å². The van der Waals surface area contributed by atoms with E-state index in [0.717, 1.165) is 24.8 Å². The number of esters is 1. The number of unbranched alkanes of at least 4 members (excludes halogenated alkanes) is 1. The lowest BCUT2D eigenvalue weighted by atomic mass is 10.1. The fourth-order valence-electron chi connectivity index (χ4n) is 2.28. The molecule has 0 heterocycles. The third kappa shape index (κ3) is 6.97. The number of carbonyl (C=O) groups is 2. The molecular weight excluding hydrogens is 330 g/mol. The molecule has 0 radical (unpaired) electrons. The first-order chi connectivity index (χ1) is 12.7. The Morgan fingerprint density at radius 2 is 1.73 bits per heavy atom. The van der Waals surface area contributed by atoms with Gasteiger partial charge in [0.05, 0.1) is 12.2 Å². The highest BCUT2D eigenvalue weighted by atomic mass is 16.5. The van der Waals surface area contributed by atoms with E-state index in [2.05, 4.69) is 12.2 Å². The molecule has 5 heteroatoms. The first-order valence-electron chi connectivity index (χ1n) is 8.89. The number of ether oxygens (including phenoxy) is 2. The van der Waals surface area contributed by atoms with Crippen LogP contribution >= 0.6 is 0 Å². The number of carbonyl (C=O) groups excluding carboxylic acids is 2. The Morgan fingerprint density at radius 1 is 1.00 bits per heavy atom. The maximum absolute atomic E-state index is 12.0. The van der Waals surface area contributed by atoms with Gasteiger partial charge in [-0.05, 0) is 42.7 Å². The molecule has 0 spiro atoms. The van der Waals surface area contributed by atoms with E-state index >= 15 is 0 Å². The predicted octanol–water partition coefficient (Wildman–Crippen LogP) is 3.38. The largest absolute Gasteiger partial charge is 0.494 e. The van der Waals surface area contributed by atoms with E-state index in [0.29, 0.717) is 24.5 Å². The van der Waals surface area contributed by atoms with Gasteiger partial charge < -0.3 is 14.8 Å². The molecular formula is C21H25NO4. The van der Waals surface area contributed by atoms with Gasteiger partial charge in [0, 0.05) is 6.54 Å². The molecule has 0 saturated heterocycles. The Bertz CT molecular complexity index is 683. The molecule has 0 aliphatic heterocycles. The van der Waals surface area contributed by atoms with E-state index < -0.39 is 5.97 Å². The van der Waals surface area contributed by atoms with Crippen molar-refractivity contribution in [3.63, 3.8) is 0 Å². The van der Waals surface area contributed by atoms with Crippen LogP contribution in [0.4, 0.5) is 0 Å². The van der Waals surface area contributed by atoms with E-state index in [1.807, 2.05) is 30.3 Å². The maximum atomic E-state index is 12.0. The Kier molecular flexibility index (Phi) is 8.19. The lowest BCUT2D eigenvalue weighted by Gasteiger charge is -2.08. The van der Waals surface area contributed by atoms with Gasteiger partial charge in [0.15, 0.2) is 6.61 Å². The number of nitrogens with one attached hydrogen (secondary N) is 1. The van der Waals surface area contributed by atoms with Gasteiger partial charge in [-0.15, -0.1) is 0 Å². The molecule has 138 valence electrons. The van der Waals surface area contributed by atoms with Crippen molar-refractivity contribution in [2.45, 2.75) is 26.2 Å². The van der Waals surface area contributed by atoms with E-state index in [4.69, 9.17) is 9.47 Å². The number of benzene rings is 2. The molecule has 0 unspecified atom stereocenters. The summed E-state index contributed by atoms with van der Waals surface area (Å²) in [6, 6.07) is 16.6. The Balaban J connectivity index is 1.67. The third-order valence-corrected chi connectivity index (χ3v) is 3.77. The Labute approximate surface area is 154 Å². The third-order valence-electron chi connectivity index (χ3n) is 3.77. The van der Waals surface area contributed by atoms with Gasteiger partial charge in [-0.2, -0.15) is 0 Å². The van der Waals surface area contributed by atoms with E-state index in [1.54, 1.807) is 24.3 Å². The van der Waals surface area contributed by atoms with Gasteiger partial charge in [0.1, 0.15) is 5.75 Å². The molecule has 2 rings (SSSR count). The van der Waals surface area contributed by atoms with E-state index in [1.165, 1.54) is 0 Å². The number of amides is 1. The van der Waals surface area contributed by atoms with E-state index in [-0.39, 0.29) is 12.5 Å². The SMILES string of the molecule is CCCCOc1ccc(C(=O)OCC(=O)NCCc2ccccc2)cc1. The van der Waals surface area contributed by atoms with Gasteiger partial charge >= 0.3 is 5.97 Å². The van der Waals surface area contributed by atoms with Crippen LogP contribution in [0.3, 0.4) is 0 Å². The maximum Gasteiger partial charge on any atom is 0.338 e. The van der Waals surface area contributed by atoms with Gasteiger partial charge in [0.2, 0.25) is 0 Å². The van der Waals surface area contributed by atoms with Crippen molar-refractivity contribution >= 4 is 11.9 Å². The summed E-state index contributed by atoms with van der Waals surface area (Å²) in [5.41, 5.74) is 1.54. The molecule has 0 bridgehead atoms. The van der Waals surface area contributed by atoms with Crippen LogP contribution in [0.15, 0.2) is 54.6 Å². The Hall–Kier alpha value is -2.82. The lowest BCUT2D eigenvalue weighted by molar-refractivity contribution is -0.124. The second-order valence-electron chi connectivity index (χ2n) is 5.89. The normalized spacial score (nSPS) is 10.2. The van der Waals surface area contributed by atoms with Crippen LogP contribution in [-0.4, -0.2) is 31.6 Å². The van der Waals surface area contributed by atoms with Crippen LogP contribution < -0.4 is 10.1 Å². The average Bonchev–Trinajstić information content (AvgIpc) is 2.68. The molecule has 0 fully saturated rings. The molecule has 2 aromatic carbocycles. The summed E-state index contributed by atoms with van der Waals surface area (Å²) >= 11 is 0. The molecule has 0 aliphatic carbocycles. The number of hydrogen-bond acceptors (Lipinski definition) is 4. The molecule has 0 aliphatic rings. The predicted molar refractivity (Wildman–Crippen MR) is 100 cm³/mol. The minimum atomic E-state index is -0.525. The molecule has 0 aromatic heterocycles. The number of hydrogen-bond donors (Lipinski definition) is 1. The van der Waals surface area contributed by atoms with Crippen molar-refractivity contribution < 1.29 is 19.1 Å². The smallest absolute Gasteiger partial charge is 0.338 e. The minimum absolute atomic E-state index is 0.289. The van der Waals surface area contributed by atoms with Gasteiger partial charge in [-0.1, -0.05) is 43.7 Å². The second-order valence-corrected chi connectivity index (χ2v) is 5.89. The molecule has 1 N–H and O–H groups in total. The Morgan fingerprint density at radius 3 is 2.42 bits per heavy atom. The first-order valence-corrected chi connectivity index (χ1v) is 8.89. The molecule has 0 saturated carbocycles. The minimum Gasteiger partial charge on any atom is -0.494 e. The van der Waals surface area contributed by atoms with Crippen molar-refractivity contribution in [2.75, 3.05) is 19.8 Å². The monoisotopic (exact) mass is 355 g/mol. The summed E-state index contributed by atoms with van der Waals surface area (Å²) in [6.45, 7) is 2.97. The second kappa shape index (κ2) is 10.9. The van der Waals surface area contributed by atoms with Crippen LogP contribution in [0.2, 0.25) is 0 Å². The van der Waals surface area contributed by atoms with E-state index in [9.17, 15) is 9.59 Å². The fraction of sp³-hybridized carbons (Fsp3) is 0.333. The average molecular weight is 355 g/mol. The van der Waals surface area contributed by atoms with Crippen LogP contribution in [0, 0.1) is 0 Å².